The number of hydrogen-bond acceptors (Lipinski definition) is 4. The number of ether oxygens (including phenoxy) is 1. The van der Waals surface area contributed by atoms with Crippen molar-refractivity contribution in [3.05, 3.63) is 35.9 Å². The monoisotopic (exact) mass is 306 g/mol. The maximum Gasteiger partial charge on any atom is 0.407 e. The highest BCUT2D eigenvalue weighted by molar-refractivity contribution is 5.67. The van der Waals surface area contributed by atoms with Crippen LogP contribution in [-0.2, 0) is 11.3 Å². The largest absolute Gasteiger partial charge is 0.445 e. The van der Waals surface area contributed by atoms with E-state index in [-0.39, 0.29) is 18.7 Å². The number of amides is 1. The number of carbonyl (C=O) groups is 1. The number of nitrogens with zero attached hydrogens (tertiary/aromatic N) is 1. The molecule has 122 valence electrons. The van der Waals surface area contributed by atoms with E-state index in [2.05, 4.69) is 5.32 Å². The van der Waals surface area contributed by atoms with E-state index < -0.39 is 5.60 Å². The molecule has 5 nitrogen and oxygen atoms in total. The molecule has 1 aromatic carbocycles. The van der Waals surface area contributed by atoms with Crippen molar-refractivity contribution in [2.75, 3.05) is 20.6 Å². The van der Waals surface area contributed by atoms with E-state index >= 15 is 0 Å². The van der Waals surface area contributed by atoms with Gasteiger partial charge in [-0.1, -0.05) is 30.3 Å². The number of hydrogen-bond donors (Lipinski definition) is 2. The third-order valence-corrected chi connectivity index (χ3v) is 4.06. The molecule has 0 saturated heterocycles. The molecular formula is C17H26N2O3. The second-order valence-corrected chi connectivity index (χ2v) is 6.44. The molecule has 1 fully saturated rings. The first-order chi connectivity index (χ1) is 10.5. The maximum atomic E-state index is 11.8. The van der Waals surface area contributed by atoms with Crippen LogP contribution < -0.4 is 5.32 Å². The summed E-state index contributed by atoms with van der Waals surface area (Å²) < 4.78 is 5.23. The Labute approximate surface area is 132 Å². The third kappa shape index (κ3) is 5.31. The Balaban J connectivity index is 1.70. The van der Waals surface area contributed by atoms with Crippen LogP contribution in [0.4, 0.5) is 4.79 Å². The first-order valence-corrected chi connectivity index (χ1v) is 7.81. The lowest BCUT2D eigenvalue weighted by atomic mass is 9.82. The van der Waals surface area contributed by atoms with E-state index in [9.17, 15) is 9.90 Å². The lowest BCUT2D eigenvalue weighted by molar-refractivity contribution is -0.0226. The van der Waals surface area contributed by atoms with Gasteiger partial charge in [-0.3, -0.25) is 0 Å². The fourth-order valence-corrected chi connectivity index (χ4v) is 2.98. The number of nitrogens with one attached hydrogen (secondary N) is 1. The van der Waals surface area contributed by atoms with E-state index in [1.807, 2.05) is 49.3 Å². The second-order valence-electron chi connectivity index (χ2n) is 6.44. The van der Waals surface area contributed by atoms with Gasteiger partial charge in [-0.2, -0.15) is 0 Å². The molecule has 2 rings (SSSR count). The van der Waals surface area contributed by atoms with Crippen molar-refractivity contribution in [3.63, 3.8) is 0 Å². The highest BCUT2D eigenvalue weighted by Gasteiger charge is 2.34. The Bertz CT molecular complexity index is 468. The van der Waals surface area contributed by atoms with Gasteiger partial charge in [0.2, 0.25) is 0 Å². The average Bonchev–Trinajstić information content (AvgIpc) is 2.48. The molecule has 1 aliphatic rings. The zero-order chi connectivity index (χ0) is 16.0. The minimum Gasteiger partial charge on any atom is -0.445 e. The van der Waals surface area contributed by atoms with E-state index in [0.717, 1.165) is 18.4 Å². The number of carbonyl (C=O) groups excluding carboxylic acids is 1. The zero-order valence-electron chi connectivity index (χ0n) is 13.4. The van der Waals surface area contributed by atoms with E-state index in [4.69, 9.17) is 4.74 Å². The highest BCUT2D eigenvalue weighted by atomic mass is 16.5. The van der Waals surface area contributed by atoms with E-state index in [1.165, 1.54) is 0 Å². The molecule has 5 heteroatoms. The van der Waals surface area contributed by atoms with Gasteiger partial charge < -0.3 is 20.1 Å². The fraction of sp³-hybridized carbons (Fsp3) is 0.588. The van der Waals surface area contributed by atoms with Gasteiger partial charge in [-0.15, -0.1) is 0 Å². The van der Waals surface area contributed by atoms with Crippen molar-refractivity contribution in [1.82, 2.24) is 10.2 Å². The number of rotatable bonds is 5. The van der Waals surface area contributed by atoms with Gasteiger partial charge in [0.1, 0.15) is 6.61 Å². The Morgan fingerprint density at radius 1 is 1.32 bits per heavy atom. The lowest BCUT2D eigenvalue weighted by Crippen LogP contribution is -2.47. The minimum atomic E-state index is -0.629. The molecular weight excluding hydrogens is 280 g/mol. The Hall–Kier alpha value is -1.59. The summed E-state index contributed by atoms with van der Waals surface area (Å²) in [6.07, 6.45) is 2.59. The molecule has 1 aromatic rings. The Kier molecular flexibility index (Phi) is 5.80. The highest BCUT2D eigenvalue weighted by Crippen LogP contribution is 2.28. The molecule has 22 heavy (non-hydrogen) atoms. The predicted octanol–water partition coefficient (Wildman–Crippen LogP) is 2.15. The van der Waals surface area contributed by atoms with Crippen molar-refractivity contribution < 1.29 is 14.6 Å². The first kappa shape index (κ1) is 16.8. The number of alkyl carbamates (subject to hydrolysis) is 1. The summed E-state index contributed by atoms with van der Waals surface area (Å²) in [4.78, 5) is 13.8. The van der Waals surface area contributed by atoms with Crippen molar-refractivity contribution in [2.24, 2.45) is 0 Å². The molecule has 0 atom stereocenters. The van der Waals surface area contributed by atoms with Crippen molar-refractivity contribution >= 4 is 6.09 Å². The standard InChI is InChI=1S/C17H26N2O3/c1-19(2)13-17(21)10-8-15(9-11-17)18-16(20)22-12-14-6-4-3-5-7-14/h3-7,15,21H,8-13H2,1-2H3,(H,18,20). The molecule has 1 amide bonds. The first-order valence-electron chi connectivity index (χ1n) is 7.81. The number of likely N-dealkylation sites (N-methyl/N-ethyl adjacent to an activating group) is 1. The molecule has 0 bridgehead atoms. The minimum absolute atomic E-state index is 0.0886. The van der Waals surface area contributed by atoms with Crippen LogP contribution in [0.3, 0.4) is 0 Å². The maximum absolute atomic E-state index is 11.8. The Morgan fingerprint density at radius 2 is 1.95 bits per heavy atom. The smallest absolute Gasteiger partial charge is 0.407 e. The van der Waals surface area contributed by atoms with Crippen LogP contribution in [0.15, 0.2) is 30.3 Å². The quantitative estimate of drug-likeness (QED) is 0.875. The van der Waals surface area contributed by atoms with Gasteiger partial charge in [0.25, 0.3) is 0 Å². The van der Waals surface area contributed by atoms with Crippen LogP contribution in [0.1, 0.15) is 31.2 Å². The molecule has 1 aliphatic carbocycles. The molecule has 0 aliphatic heterocycles. The van der Waals surface area contributed by atoms with E-state index in [0.29, 0.717) is 19.4 Å². The Morgan fingerprint density at radius 3 is 2.55 bits per heavy atom. The molecule has 0 radical (unpaired) electrons. The van der Waals surface area contributed by atoms with Crippen molar-refractivity contribution in [1.29, 1.82) is 0 Å². The zero-order valence-corrected chi connectivity index (χ0v) is 13.4. The van der Waals surface area contributed by atoms with Gasteiger partial charge in [-0.25, -0.2) is 4.79 Å². The summed E-state index contributed by atoms with van der Waals surface area (Å²) in [5, 5.41) is 13.4. The number of benzene rings is 1. The predicted molar refractivity (Wildman–Crippen MR) is 85.5 cm³/mol. The molecule has 0 heterocycles. The molecule has 0 spiro atoms. The average molecular weight is 306 g/mol. The van der Waals surface area contributed by atoms with E-state index in [1.54, 1.807) is 0 Å². The van der Waals surface area contributed by atoms with Gasteiger partial charge in [-0.05, 0) is 45.3 Å². The van der Waals surface area contributed by atoms with Crippen LogP contribution >= 0.6 is 0 Å². The normalized spacial score (nSPS) is 25.0. The summed E-state index contributed by atoms with van der Waals surface area (Å²) >= 11 is 0. The van der Waals surface area contributed by atoms with Crippen LogP contribution in [-0.4, -0.2) is 48.4 Å². The van der Waals surface area contributed by atoms with Gasteiger partial charge in [0, 0.05) is 12.6 Å². The summed E-state index contributed by atoms with van der Waals surface area (Å²) in [5.74, 6) is 0. The fourth-order valence-electron chi connectivity index (χ4n) is 2.98. The third-order valence-electron chi connectivity index (χ3n) is 4.06. The van der Waals surface area contributed by atoms with Crippen molar-refractivity contribution in [2.45, 2.75) is 43.9 Å². The molecule has 0 unspecified atom stereocenters. The summed E-state index contributed by atoms with van der Waals surface area (Å²) in [6, 6.07) is 9.71. The van der Waals surface area contributed by atoms with Crippen LogP contribution in [0.25, 0.3) is 0 Å². The lowest BCUT2D eigenvalue weighted by Gasteiger charge is -2.37. The molecule has 2 N–H and O–H groups in total. The van der Waals surface area contributed by atoms with Gasteiger partial charge in [0.15, 0.2) is 0 Å². The van der Waals surface area contributed by atoms with Gasteiger partial charge in [0.05, 0.1) is 5.60 Å². The molecule has 0 aromatic heterocycles. The summed E-state index contributed by atoms with van der Waals surface area (Å²) in [7, 11) is 3.92. The topological polar surface area (TPSA) is 61.8 Å². The summed E-state index contributed by atoms with van der Waals surface area (Å²) in [6.45, 7) is 0.947. The van der Waals surface area contributed by atoms with Crippen molar-refractivity contribution in [3.8, 4) is 0 Å². The summed E-state index contributed by atoms with van der Waals surface area (Å²) in [5.41, 5.74) is 0.344. The van der Waals surface area contributed by atoms with Crippen LogP contribution in [0, 0.1) is 0 Å². The molecule has 1 saturated carbocycles. The van der Waals surface area contributed by atoms with Crippen LogP contribution in [0.2, 0.25) is 0 Å². The van der Waals surface area contributed by atoms with Gasteiger partial charge >= 0.3 is 6.09 Å². The second kappa shape index (κ2) is 7.61. The SMILES string of the molecule is CN(C)CC1(O)CCC(NC(=O)OCc2ccccc2)CC1. The number of aliphatic hydroxyl groups is 1. The van der Waals surface area contributed by atoms with Crippen LogP contribution in [0.5, 0.6) is 0 Å².